The molecule has 0 aliphatic rings. The summed E-state index contributed by atoms with van der Waals surface area (Å²) in [5.41, 5.74) is 0. The monoisotopic (exact) mass is 979 g/mol. The number of hydrogen-bond donors (Lipinski definition) is 0. The van der Waals surface area contributed by atoms with Crippen LogP contribution < -0.4 is 0 Å². The zero-order valence-electron chi connectivity index (χ0n) is 46.5. The molecule has 70 heavy (non-hydrogen) atoms. The second-order valence-electron chi connectivity index (χ2n) is 20.2. The fourth-order valence-electron chi connectivity index (χ4n) is 8.62. The molecule has 0 aromatic heterocycles. The van der Waals surface area contributed by atoms with Crippen LogP contribution in [0.15, 0.2) is 60.8 Å². The average Bonchev–Trinajstić information content (AvgIpc) is 3.36. The van der Waals surface area contributed by atoms with Gasteiger partial charge in [-0.05, 0) is 109 Å². The van der Waals surface area contributed by atoms with Crippen LogP contribution in [0, 0.1) is 0 Å². The molecule has 0 heterocycles. The molecule has 0 radical (unpaired) electrons. The van der Waals surface area contributed by atoms with E-state index in [1.807, 2.05) is 0 Å². The summed E-state index contributed by atoms with van der Waals surface area (Å²) in [4.78, 5) is 38.2. The van der Waals surface area contributed by atoms with Crippen molar-refractivity contribution in [2.24, 2.45) is 0 Å². The van der Waals surface area contributed by atoms with E-state index < -0.39 is 6.10 Å². The van der Waals surface area contributed by atoms with Gasteiger partial charge in [-0.1, -0.05) is 242 Å². The molecule has 6 heteroatoms. The Balaban J connectivity index is 4.41. The van der Waals surface area contributed by atoms with Gasteiger partial charge in [-0.3, -0.25) is 14.4 Å². The lowest BCUT2D eigenvalue weighted by Crippen LogP contribution is -2.30. The summed E-state index contributed by atoms with van der Waals surface area (Å²) in [7, 11) is 0. The molecule has 0 spiro atoms. The van der Waals surface area contributed by atoms with Gasteiger partial charge in [0.25, 0.3) is 0 Å². The number of esters is 3. The van der Waals surface area contributed by atoms with Gasteiger partial charge in [0, 0.05) is 19.3 Å². The Morgan fingerprint density at radius 1 is 0.286 bits per heavy atom. The lowest BCUT2D eigenvalue weighted by atomic mass is 10.1. The van der Waals surface area contributed by atoms with Crippen LogP contribution in [0.4, 0.5) is 0 Å². The number of carbonyl (C=O) groups is 3. The van der Waals surface area contributed by atoms with Gasteiger partial charge in [0.15, 0.2) is 6.10 Å². The van der Waals surface area contributed by atoms with Crippen LogP contribution in [0.5, 0.6) is 0 Å². The molecule has 0 bridgehead atoms. The topological polar surface area (TPSA) is 78.9 Å². The van der Waals surface area contributed by atoms with E-state index in [-0.39, 0.29) is 31.1 Å². The minimum atomic E-state index is -0.786. The van der Waals surface area contributed by atoms with Crippen molar-refractivity contribution in [2.75, 3.05) is 13.2 Å². The van der Waals surface area contributed by atoms with Gasteiger partial charge in [-0.2, -0.15) is 0 Å². The summed E-state index contributed by atoms with van der Waals surface area (Å²) < 4.78 is 16.9. The Morgan fingerprint density at radius 2 is 0.514 bits per heavy atom. The van der Waals surface area contributed by atoms with Crippen LogP contribution in [-0.2, 0) is 28.6 Å². The van der Waals surface area contributed by atoms with Crippen LogP contribution in [0.2, 0.25) is 0 Å². The number of hydrogen-bond acceptors (Lipinski definition) is 6. The van der Waals surface area contributed by atoms with Crippen molar-refractivity contribution in [2.45, 2.75) is 316 Å². The Hall–Kier alpha value is -2.89. The summed E-state index contributed by atoms with van der Waals surface area (Å²) >= 11 is 0. The lowest BCUT2D eigenvalue weighted by molar-refractivity contribution is -0.167. The number of allylic oxidation sites excluding steroid dienone is 10. The first-order chi connectivity index (χ1) is 34.5. The van der Waals surface area contributed by atoms with E-state index in [9.17, 15) is 14.4 Å². The van der Waals surface area contributed by atoms with E-state index in [0.717, 1.165) is 89.9 Å². The van der Waals surface area contributed by atoms with E-state index in [2.05, 4.69) is 81.5 Å². The molecule has 0 saturated carbocycles. The lowest BCUT2D eigenvalue weighted by Gasteiger charge is -2.18. The van der Waals surface area contributed by atoms with Crippen molar-refractivity contribution in [1.29, 1.82) is 0 Å². The van der Waals surface area contributed by atoms with Crippen LogP contribution >= 0.6 is 0 Å². The smallest absolute Gasteiger partial charge is 0.306 e. The highest BCUT2D eigenvalue weighted by Crippen LogP contribution is 2.15. The second kappa shape index (κ2) is 58.7. The number of ether oxygens (including phenoxy) is 3. The van der Waals surface area contributed by atoms with Gasteiger partial charge in [0.05, 0.1) is 0 Å². The Labute approximate surface area is 434 Å². The van der Waals surface area contributed by atoms with Crippen molar-refractivity contribution < 1.29 is 28.6 Å². The minimum Gasteiger partial charge on any atom is -0.462 e. The van der Waals surface area contributed by atoms with Gasteiger partial charge in [0.1, 0.15) is 13.2 Å². The summed E-state index contributed by atoms with van der Waals surface area (Å²) in [5, 5.41) is 0. The predicted octanol–water partition coefficient (Wildman–Crippen LogP) is 20.4. The Bertz CT molecular complexity index is 1260. The molecule has 0 aromatic rings. The molecular formula is C64H114O6. The van der Waals surface area contributed by atoms with Crippen LogP contribution in [0.3, 0.4) is 0 Å². The molecule has 406 valence electrons. The van der Waals surface area contributed by atoms with Crippen molar-refractivity contribution in [3.63, 3.8) is 0 Å². The molecule has 0 saturated heterocycles. The highest BCUT2D eigenvalue weighted by atomic mass is 16.6. The second-order valence-corrected chi connectivity index (χ2v) is 20.2. The minimum absolute atomic E-state index is 0.0836. The van der Waals surface area contributed by atoms with E-state index >= 15 is 0 Å². The fourth-order valence-corrected chi connectivity index (χ4v) is 8.62. The first-order valence-electron chi connectivity index (χ1n) is 30.3. The van der Waals surface area contributed by atoms with Crippen molar-refractivity contribution in [3.05, 3.63) is 60.8 Å². The highest BCUT2D eigenvalue weighted by Gasteiger charge is 2.19. The van der Waals surface area contributed by atoms with Gasteiger partial charge in [-0.25, -0.2) is 0 Å². The standard InChI is InChI=1S/C64H114O6/c1-4-7-10-13-16-19-22-25-28-31-33-36-39-42-45-48-51-54-57-63(66)69-60-61(59-68-62(65)56-53-50-47-44-41-38-35-30-27-24-21-18-15-12-9-6-3)70-64(67)58-55-52-49-46-43-40-37-34-32-29-26-23-20-17-14-11-8-5-2/h19,21-22,24,28-32,35,61H,4-18,20,23,25-27,33-34,36-60H2,1-3H3/b22-19-,24-21-,31-28-,32-29-,35-30-. The molecule has 6 nitrogen and oxygen atoms in total. The number of carbonyl (C=O) groups excluding carboxylic acids is 3. The number of rotatable bonds is 55. The van der Waals surface area contributed by atoms with Crippen LogP contribution in [0.1, 0.15) is 310 Å². The normalized spacial score (nSPS) is 12.4. The fraction of sp³-hybridized carbons (Fsp3) is 0.797. The van der Waals surface area contributed by atoms with Crippen LogP contribution in [0.25, 0.3) is 0 Å². The quantitative estimate of drug-likeness (QED) is 0.0261. The van der Waals surface area contributed by atoms with Crippen molar-refractivity contribution in [1.82, 2.24) is 0 Å². The first-order valence-corrected chi connectivity index (χ1v) is 30.3. The third kappa shape index (κ3) is 56.0. The summed E-state index contributed by atoms with van der Waals surface area (Å²) in [6.07, 6.45) is 73.5. The molecular weight excluding hydrogens is 865 g/mol. The molecule has 0 N–H and O–H groups in total. The molecule has 0 rings (SSSR count). The molecule has 0 aliphatic heterocycles. The molecule has 1 atom stereocenters. The maximum Gasteiger partial charge on any atom is 0.306 e. The van der Waals surface area contributed by atoms with E-state index in [4.69, 9.17) is 14.2 Å². The summed E-state index contributed by atoms with van der Waals surface area (Å²) in [5.74, 6) is -0.896. The molecule has 0 aromatic carbocycles. The summed E-state index contributed by atoms with van der Waals surface area (Å²) in [6.45, 7) is 6.61. The first kappa shape index (κ1) is 67.1. The Morgan fingerprint density at radius 3 is 0.814 bits per heavy atom. The van der Waals surface area contributed by atoms with Gasteiger partial charge >= 0.3 is 17.9 Å². The largest absolute Gasteiger partial charge is 0.462 e. The third-order valence-corrected chi connectivity index (χ3v) is 13.2. The average molecular weight is 980 g/mol. The van der Waals surface area contributed by atoms with Gasteiger partial charge in [0.2, 0.25) is 0 Å². The predicted molar refractivity (Wildman–Crippen MR) is 302 cm³/mol. The van der Waals surface area contributed by atoms with Crippen LogP contribution in [-0.4, -0.2) is 37.2 Å². The van der Waals surface area contributed by atoms with E-state index in [1.165, 1.54) is 180 Å². The molecule has 1 unspecified atom stereocenters. The highest BCUT2D eigenvalue weighted by molar-refractivity contribution is 5.71. The van der Waals surface area contributed by atoms with Gasteiger partial charge < -0.3 is 14.2 Å². The zero-order valence-corrected chi connectivity index (χ0v) is 46.5. The SMILES string of the molecule is CCCCCC/C=C\C/C=C\CCCCCCCCCC(=O)OCC(COC(=O)CCCCCCC/C=C\C/C=C\CCCCCC)OC(=O)CCCCCCCCC/C=C\CCCCCCCCC. The third-order valence-electron chi connectivity index (χ3n) is 13.2. The molecule has 0 amide bonds. The number of unbranched alkanes of at least 4 members (excludes halogenated alkanes) is 34. The van der Waals surface area contributed by atoms with E-state index in [1.54, 1.807) is 0 Å². The molecule has 0 aliphatic carbocycles. The molecule has 0 fully saturated rings. The maximum atomic E-state index is 12.9. The Kier molecular flexibility index (Phi) is 56.3. The van der Waals surface area contributed by atoms with Crippen molar-refractivity contribution >= 4 is 17.9 Å². The van der Waals surface area contributed by atoms with Crippen molar-refractivity contribution in [3.8, 4) is 0 Å². The van der Waals surface area contributed by atoms with Gasteiger partial charge in [-0.15, -0.1) is 0 Å². The zero-order chi connectivity index (χ0) is 50.7. The summed E-state index contributed by atoms with van der Waals surface area (Å²) in [6, 6.07) is 0. The van der Waals surface area contributed by atoms with E-state index in [0.29, 0.717) is 19.3 Å². The maximum absolute atomic E-state index is 12.9.